The van der Waals surface area contributed by atoms with Gasteiger partial charge in [0.15, 0.2) is 0 Å². The van der Waals surface area contributed by atoms with E-state index in [0.717, 1.165) is 6.54 Å². The summed E-state index contributed by atoms with van der Waals surface area (Å²) in [5.41, 5.74) is 10.1. The van der Waals surface area contributed by atoms with E-state index in [1.807, 2.05) is 11.3 Å². The molecule has 3 rings (SSSR count). The van der Waals surface area contributed by atoms with Crippen molar-refractivity contribution in [2.24, 2.45) is 11.1 Å². The molecule has 2 aliphatic carbocycles. The van der Waals surface area contributed by atoms with Crippen LogP contribution in [-0.4, -0.2) is 6.54 Å². The van der Waals surface area contributed by atoms with Gasteiger partial charge >= 0.3 is 0 Å². The number of hydrogen-bond donors (Lipinski definition) is 1. The Balaban J connectivity index is 2.04. The van der Waals surface area contributed by atoms with E-state index in [0.29, 0.717) is 10.8 Å². The minimum absolute atomic E-state index is 0.314. The van der Waals surface area contributed by atoms with Gasteiger partial charge in [-0.15, -0.1) is 11.3 Å². The third-order valence-corrected chi connectivity index (χ3v) is 5.93. The second-order valence-corrected chi connectivity index (χ2v) is 7.07. The van der Waals surface area contributed by atoms with Crippen molar-refractivity contribution in [3.05, 3.63) is 21.4 Å². The average molecular weight is 235 g/mol. The molecule has 0 amide bonds. The molecular formula is C14H21NS. The van der Waals surface area contributed by atoms with Gasteiger partial charge in [0.2, 0.25) is 0 Å². The minimum Gasteiger partial charge on any atom is -0.330 e. The first-order valence-electron chi connectivity index (χ1n) is 6.40. The molecular weight excluding hydrogens is 214 g/mol. The van der Waals surface area contributed by atoms with Crippen molar-refractivity contribution in [2.75, 3.05) is 6.54 Å². The lowest BCUT2D eigenvalue weighted by Crippen LogP contribution is -2.26. The standard InChI is InChI=1S/C14H21NS/c1-13(2)8-14(13,9-15)11-7-16-12-6-4-3-5-10(11)12/h7H,3-6,8-9,15H2,1-2H3. The van der Waals surface area contributed by atoms with Crippen LogP contribution in [0.2, 0.25) is 0 Å². The van der Waals surface area contributed by atoms with Crippen molar-refractivity contribution >= 4 is 11.3 Å². The molecule has 0 bridgehead atoms. The van der Waals surface area contributed by atoms with Crippen LogP contribution in [-0.2, 0) is 18.3 Å². The quantitative estimate of drug-likeness (QED) is 0.836. The summed E-state index contributed by atoms with van der Waals surface area (Å²) in [6.45, 7) is 5.56. The number of rotatable bonds is 2. The van der Waals surface area contributed by atoms with Gasteiger partial charge in [0.25, 0.3) is 0 Å². The Kier molecular flexibility index (Phi) is 2.25. The minimum atomic E-state index is 0.314. The van der Waals surface area contributed by atoms with Crippen LogP contribution in [0.25, 0.3) is 0 Å². The molecule has 0 saturated heterocycles. The van der Waals surface area contributed by atoms with Crippen LogP contribution in [0.3, 0.4) is 0 Å². The van der Waals surface area contributed by atoms with Gasteiger partial charge in [0.05, 0.1) is 0 Å². The lowest BCUT2D eigenvalue weighted by Gasteiger charge is -2.22. The highest BCUT2D eigenvalue weighted by molar-refractivity contribution is 7.10. The summed E-state index contributed by atoms with van der Waals surface area (Å²) in [6.07, 6.45) is 6.64. The fraction of sp³-hybridized carbons (Fsp3) is 0.714. The summed E-state index contributed by atoms with van der Waals surface area (Å²) in [6, 6.07) is 0. The molecule has 2 aliphatic rings. The van der Waals surface area contributed by atoms with Crippen LogP contribution < -0.4 is 5.73 Å². The fourth-order valence-electron chi connectivity index (χ4n) is 3.52. The highest BCUT2D eigenvalue weighted by Gasteiger charge is 2.61. The maximum Gasteiger partial charge on any atom is 0.0143 e. The third kappa shape index (κ3) is 1.26. The van der Waals surface area contributed by atoms with E-state index in [1.165, 1.54) is 32.1 Å². The Morgan fingerprint density at radius 3 is 2.62 bits per heavy atom. The van der Waals surface area contributed by atoms with Gasteiger partial charge in [-0.2, -0.15) is 0 Å². The van der Waals surface area contributed by atoms with Crippen LogP contribution in [0.15, 0.2) is 5.38 Å². The van der Waals surface area contributed by atoms with Gasteiger partial charge in [0, 0.05) is 16.8 Å². The normalized spacial score (nSPS) is 31.2. The van der Waals surface area contributed by atoms with Crippen molar-refractivity contribution in [2.45, 2.75) is 51.4 Å². The molecule has 2 heteroatoms. The first-order chi connectivity index (χ1) is 7.61. The Hall–Kier alpha value is -0.340. The Labute approximate surface area is 102 Å². The second kappa shape index (κ2) is 3.33. The van der Waals surface area contributed by atoms with Crippen molar-refractivity contribution in [3.63, 3.8) is 0 Å². The molecule has 1 aromatic heterocycles. The molecule has 1 nitrogen and oxygen atoms in total. The average Bonchev–Trinajstić information content (AvgIpc) is 2.67. The third-order valence-electron chi connectivity index (χ3n) is 4.84. The van der Waals surface area contributed by atoms with Crippen LogP contribution in [0.5, 0.6) is 0 Å². The molecule has 1 atom stereocenters. The number of thiophene rings is 1. The molecule has 1 aromatic rings. The van der Waals surface area contributed by atoms with Gasteiger partial charge in [-0.1, -0.05) is 13.8 Å². The zero-order valence-electron chi connectivity index (χ0n) is 10.3. The molecule has 1 heterocycles. The molecule has 0 aliphatic heterocycles. The van der Waals surface area contributed by atoms with Gasteiger partial charge in [-0.05, 0) is 54.0 Å². The maximum absolute atomic E-state index is 6.07. The van der Waals surface area contributed by atoms with E-state index >= 15 is 0 Å². The summed E-state index contributed by atoms with van der Waals surface area (Å²) in [5, 5.41) is 2.41. The van der Waals surface area contributed by atoms with E-state index in [9.17, 15) is 0 Å². The number of fused-ring (bicyclic) bond motifs is 1. The summed E-state index contributed by atoms with van der Waals surface area (Å²) in [5.74, 6) is 0. The predicted octanol–water partition coefficient (Wildman–Crippen LogP) is 3.25. The summed E-state index contributed by atoms with van der Waals surface area (Å²) >= 11 is 1.98. The smallest absolute Gasteiger partial charge is 0.0143 e. The Morgan fingerprint density at radius 1 is 1.31 bits per heavy atom. The molecule has 0 aromatic carbocycles. The van der Waals surface area contributed by atoms with Crippen LogP contribution in [0.1, 0.15) is 49.1 Å². The predicted molar refractivity (Wildman–Crippen MR) is 70.1 cm³/mol. The molecule has 88 valence electrons. The van der Waals surface area contributed by atoms with Gasteiger partial charge in [-0.3, -0.25) is 0 Å². The van der Waals surface area contributed by atoms with E-state index in [-0.39, 0.29) is 0 Å². The molecule has 1 unspecified atom stereocenters. The SMILES string of the molecule is CC1(C)CC1(CN)c1csc2c1CCCC2. The molecule has 0 spiro atoms. The lowest BCUT2D eigenvalue weighted by atomic mass is 9.83. The van der Waals surface area contributed by atoms with Crippen LogP contribution in [0.4, 0.5) is 0 Å². The zero-order chi connectivity index (χ0) is 11.4. The van der Waals surface area contributed by atoms with Crippen molar-refractivity contribution in [3.8, 4) is 0 Å². The van der Waals surface area contributed by atoms with Crippen LogP contribution >= 0.6 is 11.3 Å². The fourth-order valence-corrected chi connectivity index (χ4v) is 4.77. The van der Waals surface area contributed by atoms with E-state index in [4.69, 9.17) is 5.73 Å². The van der Waals surface area contributed by atoms with Gasteiger partial charge in [-0.25, -0.2) is 0 Å². The topological polar surface area (TPSA) is 26.0 Å². The Morgan fingerprint density at radius 2 is 2.00 bits per heavy atom. The van der Waals surface area contributed by atoms with Crippen LogP contribution in [0, 0.1) is 5.41 Å². The lowest BCUT2D eigenvalue weighted by molar-refractivity contribution is 0.498. The summed E-state index contributed by atoms with van der Waals surface area (Å²) in [4.78, 5) is 1.65. The van der Waals surface area contributed by atoms with Crippen molar-refractivity contribution in [1.82, 2.24) is 0 Å². The van der Waals surface area contributed by atoms with E-state index < -0.39 is 0 Å². The second-order valence-electron chi connectivity index (χ2n) is 6.11. The van der Waals surface area contributed by atoms with Crippen molar-refractivity contribution < 1.29 is 0 Å². The van der Waals surface area contributed by atoms with Crippen molar-refractivity contribution in [1.29, 1.82) is 0 Å². The molecule has 16 heavy (non-hydrogen) atoms. The first-order valence-corrected chi connectivity index (χ1v) is 7.28. The maximum atomic E-state index is 6.07. The molecule has 1 saturated carbocycles. The zero-order valence-corrected chi connectivity index (χ0v) is 11.1. The van der Waals surface area contributed by atoms with Gasteiger partial charge < -0.3 is 5.73 Å². The summed E-state index contributed by atoms with van der Waals surface area (Å²) < 4.78 is 0. The molecule has 2 N–H and O–H groups in total. The first kappa shape index (κ1) is 10.8. The molecule has 0 radical (unpaired) electrons. The largest absolute Gasteiger partial charge is 0.330 e. The Bertz CT molecular complexity index is 418. The molecule has 1 fully saturated rings. The summed E-state index contributed by atoms with van der Waals surface area (Å²) in [7, 11) is 0. The number of hydrogen-bond acceptors (Lipinski definition) is 2. The van der Waals surface area contributed by atoms with E-state index in [2.05, 4.69) is 19.2 Å². The highest BCUT2D eigenvalue weighted by atomic mass is 32.1. The van der Waals surface area contributed by atoms with E-state index in [1.54, 1.807) is 16.0 Å². The number of nitrogens with two attached hydrogens (primary N) is 1. The highest BCUT2D eigenvalue weighted by Crippen LogP contribution is 2.65. The van der Waals surface area contributed by atoms with Gasteiger partial charge in [0.1, 0.15) is 0 Å². The number of aryl methyl sites for hydroxylation is 1. The monoisotopic (exact) mass is 235 g/mol.